The second-order valence-electron chi connectivity index (χ2n) is 8.19. The Hall–Kier alpha value is -4.28. The van der Waals surface area contributed by atoms with Crippen molar-refractivity contribution < 1.29 is 53.0 Å². The smallest absolute Gasteiger partial charge is 0.335 e. The summed E-state index contributed by atoms with van der Waals surface area (Å²) in [7, 11) is 0. The molecule has 1 rings (SSSR count). The van der Waals surface area contributed by atoms with Gasteiger partial charge in [0.25, 0.3) is 11.8 Å². The Balaban J connectivity index is 2.22. The molecule has 18 heteroatoms. The van der Waals surface area contributed by atoms with Crippen LogP contribution in [-0.2, 0) is 47.9 Å². The van der Waals surface area contributed by atoms with Crippen LogP contribution in [0.15, 0.2) is 5.11 Å². The van der Waals surface area contributed by atoms with Gasteiger partial charge < -0.3 is 35.4 Å². The molecule has 1 saturated heterocycles. The normalized spacial score (nSPS) is 13.2. The minimum absolute atomic E-state index is 0.0249. The molecule has 0 unspecified atom stereocenters. The number of ether oxygens (including phenoxy) is 2. The summed E-state index contributed by atoms with van der Waals surface area (Å²) in [6.45, 7) is 0.623. The van der Waals surface area contributed by atoms with E-state index in [0.717, 1.165) is 0 Å². The van der Waals surface area contributed by atoms with E-state index in [1.54, 1.807) is 0 Å². The summed E-state index contributed by atoms with van der Waals surface area (Å²) in [6, 6.07) is -1.35. The third-order valence-electron chi connectivity index (χ3n) is 5.00. The average molecular weight is 572 g/mol. The molecule has 1 heterocycles. The number of rotatable bonds is 21. The highest BCUT2D eigenvalue weighted by Gasteiger charge is 2.32. The van der Waals surface area contributed by atoms with Crippen LogP contribution in [0.4, 0.5) is 0 Å². The van der Waals surface area contributed by atoms with Gasteiger partial charge in [0, 0.05) is 50.2 Å². The molecule has 0 radical (unpaired) electrons. The fourth-order valence-corrected chi connectivity index (χ4v) is 3.10. The van der Waals surface area contributed by atoms with E-state index in [9.17, 15) is 33.6 Å². The first-order valence-corrected chi connectivity index (χ1v) is 12.4. The molecular formula is C22H33N7O11. The van der Waals surface area contributed by atoms with E-state index in [0.29, 0.717) is 5.06 Å². The molecule has 1 fully saturated rings. The van der Waals surface area contributed by atoms with Crippen LogP contribution in [0.5, 0.6) is 0 Å². The number of azide groups is 1. The number of nitrogens with one attached hydrogen (secondary N) is 3. The highest BCUT2D eigenvalue weighted by atomic mass is 16.7. The zero-order valence-electron chi connectivity index (χ0n) is 21.8. The maximum absolute atomic E-state index is 12.3. The summed E-state index contributed by atoms with van der Waals surface area (Å²) in [5, 5.41) is 20.1. The summed E-state index contributed by atoms with van der Waals surface area (Å²) < 4.78 is 10.3. The van der Waals surface area contributed by atoms with Crippen LogP contribution in [0.25, 0.3) is 10.4 Å². The molecule has 0 saturated carbocycles. The molecule has 0 aromatic heterocycles. The van der Waals surface area contributed by atoms with Crippen LogP contribution in [0.2, 0.25) is 0 Å². The number of amides is 5. The van der Waals surface area contributed by atoms with E-state index in [4.69, 9.17) is 20.1 Å². The van der Waals surface area contributed by atoms with Crippen molar-refractivity contribution in [1.29, 1.82) is 0 Å². The third kappa shape index (κ3) is 15.2. The number of hydroxylamine groups is 2. The lowest BCUT2D eigenvalue weighted by Crippen LogP contribution is -2.48. The molecule has 0 bridgehead atoms. The van der Waals surface area contributed by atoms with Gasteiger partial charge in [-0.05, 0) is 12.0 Å². The standard InChI is InChI=1S/C22H33N7O11/c23-28-26-9-13-39-11-7-24-16(30)2-1-3-17(31)27-15(14-20(34)35)22(37)25-8-12-38-10-6-21(36)40-29-18(32)4-5-19(29)33/h15H,1-14H2,(H,24,30)(H,25,37)(H,27,31)(H,34,35)/t15-/m1/s1. The maximum atomic E-state index is 12.3. The number of carbonyl (C=O) groups is 7. The van der Waals surface area contributed by atoms with Gasteiger partial charge in [-0.3, -0.25) is 28.8 Å². The fraction of sp³-hybridized carbons (Fsp3) is 0.682. The molecule has 40 heavy (non-hydrogen) atoms. The fourth-order valence-electron chi connectivity index (χ4n) is 3.10. The van der Waals surface area contributed by atoms with E-state index in [-0.39, 0.29) is 90.5 Å². The van der Waals surface area contributed by atoms with Gasteiger partial charge in [-0.2, -0.15) is 0 Å². The topological polar surface area (TPSA) is 255 Å². The summed E-state index contributed by atoms with van der Waals surface area (Å²) in [6.07, 6.45) is -0.907. The van der Waals surface area contributed by atoms with Crippen molar-refractivity contribution in [1.82, 2.24) is 21.0 Å². The summed E-state index contributed by atoms with van der Waals surface area (Å²) in [5.74, 6) is -5.06. The molecular weight excluding hydrogens is 538 g/mol. The van der Waals surface area contributed by atoms with Crippen LogP contribution in [0, 0.1) is 0 Å². The van der Waals surface area contributed by atoms with Crippen molar-refractivity contribution in [2.24, 2.45) is 5.11 Å². The first-order chi connectivity index (χ1) is 19.1. The van der Waals surface area contributed by atoms with Gasteiger partial charge in [-0.15, -0.1) is 5.06 Å². The third-order valence-corrected chi connectivity index (χ3v) is 5.00. The molecule has 0 aromatic carbocycles. The Morgan fingerprint density at radius 2 is 1.55 bits per heavy atom. The average Bonchev–Trinajstić information content (AvgIpc) is 3.21. The van der Waals surface area contributed by atoms with Crippen molar-refractivity contribution in [3.05, 3.63) is 10.4 Å². The largest absolute Gasteiger partial charge is 0.481 e. The van der Waals surface area contributed by atoms with Gasteiger partial charge in [0.2, 0.25) is 17.7 Å². The van der Waals surface area contributed by atoms with Crippen molar-refractivity contribution in [2.45, 2.75) is 51.0 Å². The van der Waals surface area contributed by atoms with Crippen LogP contribution >= 0.6 is 0 Å². The predicted octanol–water partition coefficient (Wildman–Crippen LogP) is -1.31. The second kappa shape index (κ2) is 19.7. The van der Waals surface area contributed by atoms with Gasteiger partial charge in [0.15, 0.2) is 0 Å². The van der Waals surface area contributed by atoms with E-state index < -0.39 is 48.0 Å². The number of carboxylic acid groups (broad SMARTS) is 1. The zero-order chi connectivity index (χ0) is 29.8. The Morgan fingerprint density at radius 1 is 0.925 bits per heavy atom. The number of aliphatic carboxylic acids is 1. The minimum Gasteiger partial charge on any atom is -0.481 e. The SMILES string of the molecule is [N-]=[N+]=NCCOCCNC(=O)CCCC(=O)N[C@H](CC(=O)O)C(=O)NCCOCCC(=O)ON1C(=O)CCC1=O. The van der Waals surface area contributed by atoms with Gasteiger partial charge in [-0.25, -0.2) is 4.79 Å². The Labute approximate surface area is 228 Å². The molecule has 1 aliphatic rings. The number of carboxylic acids is 1. The van der Waals surface area contributed by atoms with Crippen molar-refractivity contribution >= 4 is 41.5 Å². The summed E-state index contributed by atoms with van der Waals surface area (Å²) in [4.78, 5) is 89.2. The van der Waals surface area contributed by atoms with Crippen LogP contribution < -0.4 is 16.0 Å². The molecule has 4 N–H and O–H groups in total. The Bertz CT molecular complexity index is 953. The van der Waals surface area contributed by atoms with Crippen molar-refractivity contribution in [2.75, 3.05) is 46.1 Å². The lowest BCUT2D eigenvalue weighted by molar-refractivity contribution is -0.198. The molecule has 0 aliphatic carbocycles. The zero-order valence-corrected chi connectivity index (χ0v) is 21.8. The summed E-state index contributed by atoms with van der Waals surface area (Å²) in [5.41, 5.74) is 8.13. The van der Waals surface area contributed by atoms with E-state index >= 15 is 0 Å². The number of carbonyl (C=O) groups excluding carboxylic acids is 6. The van der Waals surface area contributed by atoms with Crippen LogP contribution in [0.1, 0.15) is 44.9 Å². The lowest BCUT2D eigenvalue weighted by Gasteiger charge is -2.17. The molecule has 18 nitrogen and oxygen atoms in total. The molecule has 5 amide bonds. The molecule has 0 spiro atoms. The van der Waals surface area contributed by atoms with E-state index in [1.165, 1.54) is 0 Å². The molecule has 1 aliphatic heterocycles. The number of hydrogen-bond acceptors (Lipinski definition) is 11. The highest BCUT2D eigenvalue weighted by Crippen LogP contribution is 2.12. The predicted molar refractivity (Wildman–Crippen MR) is 132 cm³/mol. The van der Waals surface area contributed by atoms with Crippen LogP contribution in [0.3, 0.4) is 0 Å². The van der Waals surface area contributed by atoms with Crippen molar-refractivity contribution in [3.8, 4) is 0 Å². The van der Waals surface area contributed by atoms with E-state index in [1.807, 2.05) is 0 Å². The summed E-state index contributed by atoms with van der Waals surface area (Å²) >= 11 is 0. The first kappa shape index (κ1) is 33.7. The Morgan fingerprint density at radius 3 is 2.20 bits per heavy atom. The number of nitrogens with zero attached hydrogens (tertiary/aromatic N) is 4. The van der Waals surface area contributed by atoms with Gasteiger partial charge >= 0.3 is 11.9 Å². The lowest BCUT2D eigenvalue weighted by atomic mass is 10.1. The van der Waals surface area contributed by atoms with Crippen LogP contribution in [-0.4, -0.2) is 104 Å². The quantitative estimate of drug-likeness (QED) is 0.0413. The number of hydrogen-bond donors (Lipinski definition) is 4. The van der Waals surface area contributed by atoms with Gasteiger partial charge in [0.1, 0.15) is 6.04 Å². The Kier molecular flexibility index (Phi) is 16.7. The van der Waals surface area contributed by atoms with Gasteiger partial charge in [-0.1, -0.05) is 5.11 Å². The molecule has 222 valence electrons. The molecule has 1 atom stereocenters. The highest BCUT2D eigenvalue weighted by molar-refractivity contribution is 6.01. The minimum atomic E-state index is -1.35. The second-order valence-corrected chi connectivity index (χ2v) is 8.19. The van der Waals surface area contributed by atoms with Crippen molar-refractivity contribution in [3.63, 3.8) is 0 Å². The van der Waals surface area contributed by atoms with Gasteiger partial charge in [0.05, 0.1) is 39.3 Å². The van der Waals surface area contributed by atoms with E-state index in [2.05, 4.69) is 30.8 Å². The first-order valence-electron chi connectivity index (χ1n) is 12.4. The monoisotopic (exact) mass is 571 g/mol. The molecule has 0 aromatic rings. The number of imide groups is 1. The maximum Gasteiger partial charge on any atom is 0.335 e.